The summed E-state index contributed by atoms with van der Waals surface area (Å²) in [4.78, 5) is 20.1. The lowest BCUT2D eigenvalue weighted by Crippen LogP contribution is -2.24. The SMILES string of the molecule is CSc1ncc2cc(C(=O)O)n(C3CCCOC3)c2n1. The highest BCUT2D eigenvalue weighted by atomic mass is 32.2. The van der Waals surface area contributed by atoms with Crippen molar-refractivity contribution in [3.05, 3.63) is 18.0 Å². The standard InChI is InChI=1S/C13H15N3O3S/c1-20-13-14-6-8-5-10(12(17)18)16(11(8)15-13)9-3-2-4-19-7-9/h5-6,9H,2-4,7H2,1H3,(H,17,18). The lowest BCUT2D eigenvalue weighted by molar-refractivity contribution is 0.0550. The Morgan fingerprint density at radius 1 is 1.60 bits per heavy atom. The van der Waals surface area contributed by atoms with Gasteiger partial charge in [-0.2, -0.15) is 0 Å². The maximum absolute atomic E-state index is 11.5. The molecule has 6 nitrogen and oxygen atoms in total. The van der Waals surface area contributed by atoms with Gasteiger partial charge in [-0.1, -0.05) is 11.8 Å². The van der Waals surface area contributed by atoms with Gasteiger partial charge in [0, 0.05) is 18.2 Å². The molecule has 2 aromatic heterocycles. The largest absolute Gasteiger partial charge is 0.477 e. The number of rotatable bonds is 3. The molecule has 106 valence electrons. The average molecular weight is 293 g/mol. The van der Waals surface area contributed by atoms with Crippen LogP contribution in [0.1, 0.15) is 29.4 Å². The molecule has 0 radical (unpaired) electrons. The molecule has 0 spiro atoms. The first-order chi connectivity index (χ1) is 9.70. The van der Waals surface area contributed by atoms with Crippen molar-refractivity contribution in [1.82, 2.24) is 14.5 Å². The molecule has 1 saturated heterocycles. The molecule has 0 aromatic carbocycles. The first-order valence-electron chi connectivity index (χ1n) is 6.43. The summed E-state index contributed by atoms with van der Waals surface area (Å²) in [5, 5.41) is 10.8. The number of carboxylic acids is 1. The van der Waals surface area contributed by atoms with Crippen molar-refractivity contribution < 1.29 is 14.6 Å². The van der Waals surface area contributed by atoms with E-state index in [1.165, 1.54) is 11.8 Å². The first-order valence-corrected chi connectivity index (χ1v) is 7.66. The van der Waals surface area contributed by atoms with E-state index in [2.05, 4.69) is 9.97 Å². The third-order valence-corrected chi connectivity index (χ3v) is 4.02. The van der Waals surface area contributed by atoms with E-state index in [0.717, 1.165) is 24.8 Å². The quantitative estimate of drug-likeness (QED) is 0.690. The van der Waals surface area contributed by atoms with Gasteiger partial charge in [-0.15, -0.1) is 0 Å². The number of ether oxygens (including phenoxy) is 1. The minimum atomic E-state index is -0.945. The van der Waals surface area contributed by atoms with Crippen LogP contribution in [0.3, 0.4) is 0 Å². The van der Waals surface area contributed by atoms with E-state index in [-0.39, 0.29) is 11.7 Å². The molecular formula is C13H15N3O3S. The van der Waals surface area contributed by atoms with Gasteiger partial charge in [0.25, 0.3) is 0 Å². The van der Waals surface area contributed by atoms with E-state index < -0.39 is 5.97 Å². The highest BCUT2D eigenvalue weighted by Gasteiger charge is 2.24. The Bertz CT molecular complexity index is 650. The molecular weight excluding hydrogens is 278 g/mol. The van der Waals surface area contributed by atoms with Gasteiger partial charge in [0.05, 0.1) is 12.6 Å². The van der Waals surface area contributed by atoms with Crippen LogP contribution in [-0.4, -0.2) is 45.1 Å². The topological polar surface area (TPSA) is 77.2 Å². The molecule has 1 N–H and O–H groups in total. The van der Waals surface area contributed by atoms with E-state index in [9.17, 15) is 9.90 Å². The summed E-state index contributed by atoms with van der Waals surface area (Å²) in [6.07, 6.45) is 5.42. The minimum Gasteiger partial charge on any atom is -0.477 e. The zero-order valence-corrected chi connectivity index (χ0v) is 11.9. The lowest BCUT2D eigenvalue weighted by Gasteiger charge is -2.25. The molecule has 1 fully saturated rings. The zero-order chi connectivity index (χ0) is 14.1. The Labute approximate surface area is 120 Å². The van der Waals surface area contributed by atoms with Crippen LogP contribution in [0.15, 0.2) is 17.4 Å². The third kappa shape index (κ3) is 2.27. The van der Waals surface area contributed by atoms with Gasteiger partial charge < -0.3 is 14.4 Å². The fraction of sp³-hybridized carbons (Fsp3) is 0.462. The molecule has 20 heavy (non-hydrogen) atoms. The van der Waals surface area contributed by atoms with Crippen molar-refractivity contribution in [1.29, 1.82) is 0 Å². The predicted octanol–water partition coefficient (Wildman–Crippen LogP) is 2.20. The molecule has 1 unspecified atom stereocenters. The molecule has 2 aromatic rings. The van der Waals surface area contributed by atoms with Crippen molar-refractivity contribution in [2.45, 2.75) is 24.0 Å². The Balaban J connectivity index is 2.18. The van der Waals surface area contributed by atoms with E-state index in [1.54, 1.807) is 16.8 Å². The second-order valence-corrected chi connectivity index (χ2v) is 5.48. The van der Waals surface area contributed by atoms with E-state index in [0.29, 0.717) is 17.4 Å². The van der Waals surface area contributed by atoms with Crippen LogP contribution in [0.25, 0.3) is 11.0 Å². The normalized spacial score (nSPS) is 19.4. The van der Waals surface area contributed by atoms with Crippen LogP contribution in [0.4, 0.5) is 0 Å². The van der Waals surface area contributed by atoms with E-state index in [1.807, 2.05) is 6.26 Å². The monoisotopic (exact) mass is 293 g/mol. The fourth-order valence-corrected chi connectivity index (χ4v) is 2.89. The molecule has 1 aliphatic rings. The third-order valence-electron chi connectivity index (χ3n) is 3.46. The Hall–Kier alpha value is -1.60. The number of carbonyl (C=O) groups is 1. The highest BCUT2D eigenvalue weighted by molar-refractivity contribution is 7.98. The van der Waals surface area contributed by atoms with Crippen molar-refractivity contribution in [3.63, 3.8) is 0 Å². The summed E-state index contributed by atoms with van der Waals surface area (Å²) in [5.41, 5.74) is 0.931. The van der Waals surface area contributed by atoms with E-state index in [4.69, 9.17) is 4.74 Å². The molecule has 0 bridgehead atoms. The van der Waals surface area contributed by atoms with Crippen molar-refractivity contribution in [2.75, 3.05) is 19.5 Å². The maximum Gasteiger partial charge on any atom is 0.352 e. The average Bonchev–Trinajstić information content (AvgIpc) is 2.86. The number of hydrogen-bond donors (Lipinski definition) is 1. The predicted molar refractivity (Wildman–Crippen MR) is 75.4 cm³/mol. The zero-order valence-electron chi connectivity index (χ0n) is 11.1. The summed E-state index contributed by atoms with van der Waals surface area (Å²) < 4.78 is 7.27. The van der Waals surface area contributed by atoms with Crippen molar-refractivity contribution in [2.24, 2.45) is 0 Å². The van der Waals surface area contributed by atoms with Crippen LogP contribution >= 0.6 is 11.8 Å². The highest BCUT2D eigenvalue weighted by Crippen LogP contribution is 2.28. The summed E-state index contributed by atoms with van der Waals surface area (Å²) >= 11 is 1.44. The summed E-state index contributed by atoms with van der Waals surface area (Å²) in [5.74, 6) is -0.945. The number of aromatic nitrogens is 3. The summed E-state index contributed by atoms with van der Waals surface area (Å²) in [6.45, 7) is 1.27. The van der Waals surface area contributed by atoms with Gasteiger partial charge >= 0.3 is 5.97 Å². The van der Waals surface area contributed by atoms with Gasteiger partial charge in [0.1, 0.15) is 11.3 Å². The molecule has 0 aliphatic carbocycles. The molecule has 7 heteroatoms. The number of thioether (sulfide) groups is 1. The van der Waals surface area contributed by atoms with Crippen LogP contribution < -0.4 is 0 Å². The first kappa shape index (κ1) is 13.4. The van der Waals surface area contributed by atoms with Gasteiger partial charge in [-0.25, -0.2) is 14.8 Å². The second kappa shape index (κ2) is 5.41. The Morgan fingerprint density at radius 3 is 3.10 bits per heavy atom. The molecule has 1 aliphatic heterocycles. The number of hydrogen-bond acceptors (Lipinski definition) is 5. The van der Waals surface area contributed by atoms with Crippen LogP contribution in [0, 0.1) is 0 Å². The molecule has 3 rings (SSSR count). The molecule has 3 heterocycles. The second-order valence-electron chi connectivity index (χ2n) is 4.71. The van der Waals surface area contributed by atoms with Gasteiger partial charge in [0.15, 0.2) is 5.16 Å². The summed E-state index contributed by atoms with van der Waals surface area (Å²) in [6, 6.07) is 1.66. The van der Waals surface area contributed by atoms with Gasteiger partial charge in [0.2, 0.25) is 0 Å². The summed E-state index contributed by atoms with van der Waals surface area (Å²) in [7, 11) is 0. The molecule has 0 saturated carbocycles. The number of aromatic carboxylic acids is 1. The number of nitrogens with zero attached hydrogens (tertiary/aromatic N) is 3. The number of fused-ring (bicyclic) bond motifs is 1. The van der Waals surface area contributed by atoms with Crippen LogP contribution in [0.2, 0.25) is 0 Å². The van der Waals surface area contributed by atoms with Gasteiger partial charge in [-0.05, 0) is 25.2 Å². The molecule has 1 atom stereocenters. The fourth-order valence-electron chi connectivity index (χ4n) is 2.55. The smallest absolute Gasteiger partial charge is 0.352 e. The van der Waals surface area contributed by atoms with E-state index >= 15 is 0 Å². The Kier molecular flexibility index (Phi) is 3.62. The van der Waals surface area contributed by atoms with Gasteiger partial charge in [-0.3, -0.25) is 0 Å². The van der Waals surface area contributed by atoms with Crippen LogP contribution in [-0.2, 0) is 4.74 Å². The van der Waals surface area contributed by atoms with Crippen LogP contribution in [0.5, 0.6) is 0 Å². The Morgan fingerprint density at radius 2 is 2.45 bits per heavy atom. The van der Waals surface area contributed by atoms with Crippen molar-refractivity contribution in [3.8, 4) is 0 Å². The molecule has 0 amide bonds. The van der Waals surface area contributed by atoms with Crippen molar-refractivity contribution >= 4 is 28.8 Å². The minimum absolute atomic E-state index is 0.0250. The maximum atomic E-state index is 11.5. The number of carboxylic acid groups (broad SMARTS) is 1. The lowest BCUT2D eigenvalue weighted by atomic mass is 10.1.